The quantitative estimate of drug-likeness (QED) is 0.103. The topological polar surface area (TPSA) is 117 Å². The first-order valence-electron chi connectivity index (χ1n) is 26.3. The Kier molecular flexibility index (Phi) is 23.6. The summed E-state index contributed by atoms with van der Waals surface area (Å²) in [6.07, 6.45) is 13.7. The molecule has 76 heavy (non-hydrogen) atoms. The Morgan fingerprint density at radius 1 is 0.526 bits per heavy atom. The third kappa shape index (κ3) is 18.1. The first kappa shape index (κ1) is 59.4. The molecular weight excluding hydrogens is 1090 g/mol. The van der Waals surface area contributed by atoms with Crippen molar-refractivity contribution in [1.29, 1.82) is 0 Å². The SMILES string of the molecule is CC1CCCCN1C(=O)c1cccc(CSc2ccc(Cl)cc2Cl)n1.Cc1cccc(Cl)c1SCc1cccc(C(=O)NC2CCC(C)CC2)n1.Cc1cccc(Cl)c1SCc1cccc(C(=O)NC2CCCCC2)n1. The average Bonchev–Trinajstić information content (AvgIpc) is 3.42. The molecule has 0 bridgehead atoms. The van der Waals surface area contributed by atoms with E-state index in [-0.39, 0.29) is 29.8 Å². The zero-order chi connectivity index (χ0) is 54.0. The number of aryl methyl sites for hydroxylation is 2. The van der Waals surface area contributed by atoms with Crippen LogP contribution in [0.25, 0.3) is 0 Å². The maximum atomic E-state index is 12.7. The van der Waals surface area contributed by atoms with Crippen molar-refractivity contribution >= 4 is 99.4 Å². The van der Waals surface area contributed by atoms with Crippen molar-refractivity contribution in [2.75, 3.05) is 6.54 Å². The number of nitrogens with one attached hydrogen (secondary N) is 2. The lowest BCUT2D eigenvalue weighted by Crippen LogP contribution is -2.42. The smallest absolute Gasteiger partial charge is 0.272 e. The average molecular weight is 1160 g/mol. The van der Waals surface area contributed by atoms with Crippen LogP contribution in [0.2, 0.25) is 20.1 Å². The van der Waals surface area contributed by atoms with Gasteiger partial charge in [-0.25, -0.2) is 15.0 Å². The molecule has 2 saturated carbocycles. The lowest BCUT2D eigenvalue weighted by molar-refractivity contribution is 0.0629. The van der Waals surface area contributed by atoms with Gasteiger partial charge in [-0.05, 0) is 162 Å². The Labute approximate surface area is 482 Å². The van der Waals surface area contributed by atoms with Crippen LogP contribution in [0.3, 0.4) is 0 Å². The zero-order valence-electron chi connectivity index (χ0n) is 43.8. The van der Waals surface area contributed by atoms with Gasteiger partial charge in [0, 0.05) is 61.6 Å². The fraction of sp³-hybridized carbons (Fsp3) is 0.400. The minimum Gasteiger partial charge on any atom is -0.348 e. The van der Waals surface area contributed by atoms with Gasteiger partial charge in [0.05, 0.1) is 32.1 Å². The van der Waals surface area contributed by atoms with Crippen LogP contribution in [-0.4, -0.2) is 62.2 Å². The van der Waals surface area contributed by atoms with Crippen LogP contribution in [0, 0.1) is 19.8 Å². The predicted molar refractivity (Wildman–Crippen MR) is 318 cm³/mol. The molecule has 4 heterocycles. The molecule has 6 aromatic rings. The van der Waals surface area contributed by atoms with Crippen molar-refractivity contribution in [3.63, 3.8) is 0 Å². The normalized spacial score (nSPS) is 17.6. The molecule has 1 unspecified atom stereocenters. The molecule has 3 aromatic heterocycles. The number of piperidine rings is 1. The Morgan fingerprint density at radius 2 is 1.00 bits per heavy atom. The highest BCUT2D eigenvalue weighted by Crippen LogP contribution is 2.35. The van der Waals surface area contributed by atoms with E-state index in [1.807, 2.05) is 77.7 Å². The molecule has 2 N–H and O–H groups in total. The third-order valence-corrected chi connectivity index (χ3v) is 18.9. The van der Waals surface area contributed by atoms with Crippen LogP contribution in [-0.2, 0) is 17.3 Å². The number of benzene rings is 3. The van der Waals surface area contributed by atoms with E-state index < -0.39 is 0 Å². The fourth-order valence-electron chi connectivity index (χ4n) is 9.40. The number of hydrogen-bond acceptors (Lipinski definition) is 9. The number of hydrogen-bond donors (Lipinski definition) is 2. The molecule has 0 radical (unpaired) electrons. The summed E-state index contributed by atoms with van der Waals surface area (Å²) >= 11 is 29.6. The first-order valence-corrected chi connectivity index (χ1v) is 30.8. The summed E-state index contributed by atoms with van der Waals surface area (Å²) in [7, 11) is 0. The second-order valence-corrected chi connectivity index (χ2v) is 24.5. The van der Waals surface area contributed by atoms with Gasteiger partial charge >= 0.3 is 0 Å². The number of carbonyl (C=O) groups is 3. The van der Waals surface area contributed by atoms with Gasteiger partial charge in [0.15, 0.2) is 0 Å². The number of nitrogens with zero attached hydrogens (tertiary/aromatic N) is 4. The summed E-state index contributed by atoms with van der Waals surface area (Å²) in [6, 6.07) is 35.1. The molecule has 2 aliphatic carbocycles. The number of halogens is 4. The van der Waals surface area contributed by atoms with E-state index in [0.29, 0.717) is 50.4 Å². The molecule has 1 saturated heterocycles. The lowest BCUT2D eigenvalue weighted by Gasteiger charge is -2.33. The third-order valence-electron chi connectivity index (χ3n) is 13.8. The highest BCUT2D eigenvalue weighted by molar-refractivity contribution is 7.99. The van der Waals surface area contributed by atoms with E-state index in [1.165, 1.54) is 38.5 Å². The molecule has 1 aliphatic heterocycles. The highest BCUT2D eigenvalue weighted by Gasteiger charge is 2.26. The lowest BCUT2D eigenvalue weighted by atomic mass is 9.87. The van der Waals surface area contributed by atoms with Crippen molar-refractivity contribution < 1.29 is 14.4 Å². The number of rotatable bonds is 14. The minimum absolute atomic E-state index is 0.0311. The van der Waals surface area contributed by atoms with Gasteiger partial charge in [0.1, 0.15) is 17.1 Å². The number of carbonyl (C=O) groups excluding carboxylic acids is 3. The molecule has 3 fully saturated rings. The van der Waals surface area contributed by atoms with Crippen molar-refractivity contribution in [3.8, 4) is 0 Å². The standard InChI is InChI=1S/C21H25ClN2OS.C20H23ClN2OS.C19H20Cl2N2OS/c1-14-9-11-16(12-10-14)24-21(25)19-8-4-6-17(23-19)13-26-20-15(2)5-3-7-18(20)22;1-14-7-5-11-17(21)19(14)25-13-16-10-6-12-18(22-16)20(24)23-15-8-3-2-4-9-15;1-13-5-2-3-10-23(13)19(24)17-7-4-6-15(22-17)12-25-18-9-8-14(20)11-16(18)21/h3-8,14,16H,9-13H2,1-2H3,(H,24,25);5-7,10-12,15H,2-4,8-9,13H2,1H3,(H,23,24);4,6-9,11,13H,2-3,5,10,12H2,1H3. The summed E-state index contributed by atoms with van der Waals surface area (Å²) < 4.78 is 0. The van der Waals surface area contributed by atoms with Crippen molar-refractivity contribution in [2.45, 2.75) is 155 Å². The molecule has 402 valence electrons. The zero-order valence-corrected chi connectivity index (χ0v) is 49.2. The summed E-state index contributed by atoms with van der Waals surface area (Å²) in [5.74, 6) is 2.70. The van der Waals surface area contributed by atoms with Crippen LogP contribution in [0.5, 0.6) is 0 Å². The van der Waals surface area contributed by atoms with E-state index in [9.17, 15) is 14.4 Å². The van der Waals surface area contributed by atoms with Gasteiger partial charge in [-0.1, -0.05) is 115 Å². The summed E-state index contributed by atoms with van der Waals surface area (Å²) in [5.41, 5.74) is 6.48. The maximum Gasteiger partial charge on any atom is 0.272 e. The van der Waals surface area contributed by atoms with Gasteiger partial charge in [-0.15, -0.1) is 35.3 Å². The summed E-state index contributed by atoms with van der Waals surface area (Å²) in [6.45, 7) is 9.31. The van der Waals surface area contributed by atoms with Gasteiger partial charge in [0.25, 0.3) is 17.7 Å². The summed E-state index contributed by atoms with van der Waals surface area (Å²) in [4.78, 5) is 56.4. The molecular formula is C60H68Cl4N6O3S3. The van der Waals surface area contributed by atoms with Crippen LogP contribution >= 0.6 is 81.7 Å². The molecule has 3 aliphatic rings. The van der Waals surface area contributed by atoms with Crippen LogP contribution in [0.15, 0.2) is 124 Å². The predicted octanol–water partition coefficient (Wildman–Crippen LogP) is 16.7. The Bertz CT molecular complexity index is 2860. The van der Waals surface area contributed by atoms with E-state index in [0.717, 1.165) is 104 Å². The first-order chi connectivity index (χ1) is 36.7. The van der Waals surface area contributed by atoms with Gasteiger partial charge < -0.3 is 15.5 Å². The number of likely N-dealkylation sites (tertiary alicyclic amines) is 1. The number of amides is 3. The fourth-order valence-corrected chi connectivity index (χ4v) is 13.5. The minimum atomic E-state index is -0.0645. The van der Waals surface area contributed by atoms with Crippen molar-refractivity contribution in [2.24, 2.45) is 5.92 Å². The van der Waals surface area contributed by atoms with E-state index in [2.05, 4.69) is 65.4 Å². The van der Waals surface area contributed by atoms with E-state index in [1.54, 1.807) is 59.6 Å². The van der Waals surface area contributed by atoms with Gasteiger partial charge in [-0.2, -0.15) is 0 Å². The summed E-state index contributed by atoms with van der Waals surface area (Å²) in [5, 5.41) is 9.04. The monoisotopic (exact) mass is 1160 g/mol. The van der Waals surface area contributed by atoms with Crippen LogP contribution < -0.4 is 10.6 Å². The van der Waals surface area contributed by atoms with Crippen LogP contribution in [0.1, 0.15) is 151 Å². The molecule has 1 atom stereocenters. The number of thioether (sulfide) groups is 3. The largest absolute Gasteiger partial charge is 0.348 e. The second kappa shape index (κ2) is 30.2. The molecule has 0 spiro atoms. The molecule has 9 rings (SSSR count). The highest BCUT2D eigenvalue weighted by atomic mass is 35.5. The Hall–Kier alpha value is -4.27. The van der Waals surface area contributed by atoms with Crippen molar-refractivity contribution in [3.05, 3.63) is 175 Å². The van der Waals surface area contributed by atoms with E-state index >= 15 is 0 Å². The molecule has 3 aromatic carbocycles. The van der Waals surface area contributed by atoms with Crippen molar-refractivity contribution in [1.82, 2.24) is 30.5 Å². The molecule has 16 heteroatoms. The van der Waals surface area contributed by atoms with Gasteiger partial charge in [-0.3, -0.25) is 14.4 Å². The molecule has 9 nitrogen and oxygen atoms in total. The Balaban J connectivity index is 0.000000166. The number of pyridine rings is 3. The maximum absolute atomic E-state index is 12.7. The number of aromatic nitrogens is 3. The molecule has 3 amide bonds. The second-order valence-electron chi connectivity index (χ2n) is 19.8. The van der Waals surface area contributed by atoms with Gasteiger partial charge in [0.2, 0.25) is 0 Å². The Morgan fingerprint density at radius 3 is 1.51 bits per heavy atom. The van der Waals surface area contributed by atoms with E-state index in [4.69, 9.17) is 46.4 Å². The van der Waals surface area contributed by atoms with Crippen LogP contribution in [0.4, 0.5) is 0 Å².